The summed E-state index contributed by atoms with van der Waals surface area (Å²) in [6.45, 7) is 4.53. The van der Waals surface area contributed by atoms with Crippen molar-refractivity contribution in [2.75, 3.05) is 20.2 Å². The van der Waals surface area contributed by atoms with Gasteiger partial charge in [-0.05, 0) is 25.5 Å². The van der Waals surface area contributed by atoms with E-state index in [1.54, 1.807) is 31.3 Å². The number of hydrogen-bond acceptors (Lipinski definition) is 4. The fourth-order valence-corrected chi connectivity index (χ4v) is 2.99. The molecule has 0 aliphatic rings. The molecule has 21 heavy (non-hydrogen) atoms. The SMILES string of the molecule is CC(C)OCCN(C)S(=O)(=O)Cc1cccc(C(N)=S)c1. The molecule has 0 amide bonds. The zero-order valence-corrected chi connectivity index (χ0v) is 14.2. The summed E-state index contributed by atoms with van der Waals surface area (Å²) < 4.78 is 31.2. The Morgan fingerprint density at radius 3 is 2.67 bits per heavy atom. The highest BCUT2D eigenvalue weighted by Gasteiger charge is 2.18. The van der Waals surface area contributed by atoms with Gasteiger partial charge in [-0.3, -0.25) is 0 Å². The van der Waals surface area contributed by atoms with Gasteiger partial charge in [-0.2, -0.15) is 0 Å². The minimum Gasteiger partial charge on any atom is -0.389 e. The number of nitrogens with two attached hydrogens (primary N) is 1. The van der Waals surface area contributed by atoms with E-state index >= 15 is 0 Å². The van der Waals surface area contributed by atoms with Gasteiger partial charge in [0, 0.05) is 19.2 Å². The highest BCUT2D eigenvalue weighted by Crippen LogP contribution is 2.12. The van der Waals surface area contributed by atoms with Crippen LogP contribution in [0.3, 0.4) is 0 Å². The Morgan fingerprint density at radius 1 is 1.43 bits per heavy atom. The van der Waals surface area contributed by atoms with Crippen molar-refractivity contribution in [3.8, 4) is 0 Å². The molecule has 0 fully saturated rings. The van der Waals surface area contributed by atoms with E-state index in [0.29, 0.717) is 24.3 Å². The average Bonchev–Trinajstić information content (AvgIpc) is 2.37. The molecule has 0 unspecified atom stereocenters. The number of sulfonamides is 1. The second-order valence-electron chi connectivity index (χ2n) is 5.06. The molecule has 0 bridgehead atoms. The molecule has 0 saturated carbocycles. The van der Waals surface area contributed by atoms with Crippen LogP contribution in [0.1, 0.15) is 25.0 Å². The lowest BCUT2D eigenvalue weighted by molar-refractivity contribution is 0.0737. The average molecular weight is 330 g/mol. The van der Waals surface area contributed by atoms with Crippen molar-refractivity contribution < 1.29 is 13.2 Å². The third kappa shape index (κ3) is 6.09. The summed E-state index contributed by atoms with van der Waals surface area (Å²) in [5.41, 5.74) is 6.89. The van der Waals surface area contributed by atoms with E-state index in [9.17, 15) is 8.42 Å². The predicted octanol–water partition coefficient (Wildman–Crippen LogP) is 1.51. The van der Waals surface area contributed by atoms with Gasteiger partial charge in [-0.15, -0.1) is 0 Å². The van der Waals surface area contributed by atoms with Crippen LogP contribution in [0, 0.1) is 0 Å². The molecule has 0 saturated heterocycles. The van der Waals surface area contributed by atoms with Crippen molar-refractivity contribution in [3.63, 3.8) is 0 Å². The van der Waals surface area contributed by atoms with E-state index in [4.69, 9.17) is 22.7 Å². The van der Waals surface area contributed by atoms with Gasteiger partial charge in [-0.25, -0.2) is 12.7 Å². The third-order valence-electron chi connectivity index (χ3n) is 2.89. The second-order valence-corrected chi connectivity index (χ2v) is 7.58. The van der Waals surface area contributed by atoms with Crippen molar-refractivity contribution >= 4 is 27.2 Å². The standard InChI is InChI=1S/C14H22N2O3S2/c1-11(2)19-8-7-16(3)21(17,18)10-12-5-4-6-13(9-12)14(15)20/h4-6,9,11H,7-8,10H2,1-3H3,(H2,15,20). The highest BCUT2D eigenvalue weighted by molar-refractivity contribution is 7.88. The summed E-state index contributed by atoms with van der Waals surface area (Å²) in [6.07, 6.45) is 0.0864. The Labute approximate surface area is 132 Å². The Balaban J connectivity index is 2.71. The van der Waals surface area contributed by atoms with Crippen LogP contribution in [-0.2, 0) is 20.5 Å². The van der Waals surface area contributed by atoms with Crippen LogP contribution in [0.25, 0.3) is 0 Å². The molecule has 0 aromatic heterocycles. The first-order valence-corrected chi connectivity index (χ1v) is 8.68. The normalized spacial score (nSPS) is 12.0. The van der Waals surface area contributed by atoms with Crippen LogP contribution in [0.5, 0.6) is 0 Å². The van der Waals surface area contributed by atoms with Gasteiger partial charge in [0.25, 0.3) is 0 Å². The lowest BCUT2D eigenvalue weighted by Crippen LogP contribution is -2.32. The van der Waals surface area contributed by atoms with Gasteiger partial charge in [0.15, 0.2) is 0 Å². The first kappa shape index (κ1) is 18.0. The number of rotatable bonds is 8. The smallest absolute Gasteiger partial charge is 0.218 e. The molecular weight excluding hydrogens is 308 g/mol. The van der Waals surface area contributed by atoms with Gasteiger partial charge >= 0.3 is 0 Å². The van der Waals surface area contributed by atoms with Gasteiger partial charge in [0.1, 0.15) is 4.99 Å². The maximum atomic E-state index is 12.3. The lowest BCUT2D eigenvalue weighted by Gasteiger charge is -2.18. The maximum Gasteiger partial charge on any atom is 0.218 e. The van der Waals surface area contributed by atoms with Gasteiger partial charge in [0.2, 0.25) is 10.0 Å². The molecule has 0 aliphatic carbocycles. The fraction of sp³-hybridized carbons (Fsp3) is 0.500. The molecule has 0 radical (unpaired) electrons. The number of thiocarbonyl (C=S) groups is 1. The summed E-state index contributed by atoms with van der Waals surface area (Å²) in [5.74, 6) is -0.0817. The fourth-order valence-electron chi connectivity index (χ4n) is 1.69. The summed E-state index contributed by atoms with van der Waals surface area (Å²) in [7, 11) is -1.83. The quantitative estimate of drug-likeness (QED) is 0.732. The van der Waals surface area contributed by atoms with Gasteiger partial charge in [-0.1, -0.05) is 30.4 Å². The summed E-state index contributed by atoms with van der Waals surface area (Å²) in [6, 6.07) is 6.97. The molecule has 5 nitrogen and oxygen atoms in total. The highest BCUT2D eigenvalue weighted by atomic mass is 32.2. The van der Waals surface area contributed by atoms with Crippen LogP contribution >= 0.6 is 12.2 Å². The molecular formula is C14H22N2O3S2. The molecule has 2 N–H and O–H groups in total. The largest absolute Gasteiger partial charge is 0.389 e. The van der Waals surface area contributed by atoms with Crippen LogP contribution in [0.15, 0.2) is 24.3 Å². The molecule has 118 valence electrons. The number of ether oxygens (including phenoxy) is 1. The zero-order valence-electron chi connectivity index (χ0n) is 12.6. The van der Waals surface area contributed by atoms with Crippen molar-refractivity contribution in [3.05, 3.63) is 35.4 Å². The van der Waals surface area contributed by atoms with Gasteiger partial charge in [0.05, 0.1) is 18.5 Å². The van der Waals surface area contributed by atoms with E-state index in [2.05, 4.69) is 0 Å². The minimum absolute atomic E-state index is 0.0817. The summed E-state index contributed by atoms with van der Waals surface area (Å²) >= 11 is 4.90. The lowest BCUT2D eigenvalue weighted by atomic mass is 10.1. The predicted molar refractivity (Wildman–Crippen MR) is 88.7 cm³/mol. The number of likely N-dealkylation sites (N-methyl/N-ethyl adjacent to an activating group) is 1. The van der Waals surface area contributed by atoms with E-state index in [0.717, 1.165) is 0 Å². The number of nitrogens with zero attached hydrogens (tertiary/aromatic N) is 1. The molecule has 1 aromatic carbocycles. The van der Waals surface area contributed by atoms with Crippen LogP contribution in [0.2, 0.25) is 0 Å². The van der Waals surface area contributed by atoms with E-state index in [1.807, 2.05) is 13.8 Å². The molecule has 0 spiro atoms. The van der Waals surface area contributed by atoms with E-state index in [1.165, 1.54) is 4.31 Å². The zero-order chi connectivity index (χ0) is 16.0. The molecule has 7 heteroatoms. The third-order valence-corrected chi connectivity index (χ3v) is 4.96. The first-order chi connectivity index (χ1) is 9.72. The van der Waals surface area contributed by atoms with Crippen LogP contribution in [0.4, 0.5) is 0 Å². The molecule has 1 rings (SSSR count). The molecule has 0 heterocycles. The second kappa shape index (κ2) is 7.84. The number of hydrogen-bond donors (Lipinski definition) is 1. The van der Waals surface area contributed by atoms with Crippen molar-refractivity contribution in [1.82, 2.24) is 4.31 Å². The molecule has 1 aromatic rings. The minimum atomic E-state index is -3.38. The molecule has 0 aliphatic heterocycles. The van der Waals surface area contributed by atoms with E-state index < -0.39 is 10.0 Å². The summed E-state index contributed by atoms with van der Waals surface area (Å²) in [5, 5.41) is 0. The van der Waals surface area contributed by atoms with Crippen molar-refractivity contribution in [1.29, 1.82) is 0 Å². The Hall–Kier alpha value is -1.02. The monoisotopic (exact) mass is 330 g/mol. The van der Waals surface area contributed by atoms with E-state index in [-0.39, 0.29) is 16.8 Å². The van der Waals surface area contributed by atoms with Crippen molar-refractivity contribution in [2.24, 2.45) is 5.73 Å². The maximum absolute atomic E-state index is 12.3. The number of benzene rings is 1. The van der Waals surface area contributed by atoms with Crippen molar-refractivity contribution in [2.45, 2.75) is 25.7 Å². The summed E-state index contributed by atoms with van der Waals surface area (Å²) in [4.78, 5) is 0.257. The first-order valence-electron chi connectivity index (χ1n) is 6.66. The molecule has 0 atom stereocenters. The van der Waals surface area contributed by atoms with Crippen LogP contribution < -0.4 is 5.73 Å². The Morgan fingerprint density at radius 2 is 2.10 bits per heavy atom. The Kier molecular flexibility index (Phi) is 6.73. The Bertz CT molecular complexity index is 586. The van der Waals surface area contributed by atoms with Gasteiger partial charge < -0.3 is 10.5 Å². The van der Waals surface area contributed by atoms with Crippen LogP contribution in [-0.4, -0.2) is 44.0 Å². The topological polar surface area (TPSA) is 72.6 Å².